The molecule has 2 aromatic heterocycles. The molecular formula is C29H28N6O4S. The van der Waals surface area contributed by atoms with Crippen LogP contribution in [-0.4, -0.2) is 45.1 Å². The fraction of sp³-hybridized carbons (Fsp3) is 0.276. The summed E-state index contributed by atoms with van der Waals surface area (Å²) in [4.78, 5) is 49.1. The van der Waals surface area contributed by atoms with Crippen molar-refractivity contribution in [1.82, 2.24) is 25.9 Å². The summed E-state index contributed by atoms with van der Waals surface area (Å²) in [6.45, 7) is 3.51. The minimum Gasteiger partial charge on any atom is -0.439 e. The summed E-state index contributed by atoms with van der Waals surface area (Å²) in [5.41, 5.74) is 2.05. The molecule has 1 aliphatic carbocycles. The van der Waals surface area contributed by atoms with E-state index < -0.39 is 11.3 Å². The molecule has 2 aliphatic heterocycles. The van der Waals surface area contributed by atoms with Crippen LogP contribution in [-0.2, 0) is 9.59 Å². The number of carbonyl (C=O) groups is 3. The van der Waals surface area contributed by atoms with Gasteiger partial charge in [-0.05, 0) is 56.0 Å². The Labute approximate surface area is 235 Å². The molecule has 0 bridgehead atoms. The van der Waals surface area contributed by atoms with Gasteiger partial charge in [-0.2, -0.15) is 0 Å². The fourth-order valence-corrected chi connectivity index (χ4v) is 6.69. The van der Waals surface area contributed by atoms with Crippen LogP contribution >= 0.6 is 11.8 Å². The SMILES string of the molecule is C=CC(=O)NC1CCCC(NC(=O)C2Sc3nccc4c3C2NC(=O)N4c2ccc(Oc3ccccc3)nc2)C1. The first-order valence-electron chi connectivity index (χ1n) is 13.2. The molecule has 1 fully saturated rings. The molecule has 4 heterocycles. The normalized spacial score (nSPS) is 23.0. The molecule has 0 radical (unpaired) electrons. The predicted molar refractivity (Wildman–Crippen MR) is 151 cm³/mol. The van der Waals surface area contributed by atoms with E-state index in [1.54, 1.807) is 35.5 Å². The van der Waals surface area contributed by atoms with Crippen LogP contribution in [0.5, 0.6) is 11.6 Å². The number of carbonyl (C=O) groups excluding carboxylic acids is 3. The minimum atomic E-state index is -0.558. The average Bonchev–Trinajstić information content (AvgIpc) is 3.34. The van der Waals surface area contributed by atoms with Gasteiger partial charge in [0.2, 0.25) is 17.7 Å². The Bertz CT molecular complexity index is 1450. The molecule has 204 valence electrons. The van der Waals surface area contributed by atoms with E-state index in [9.17, 15) is 14.4 Å². The van der Waals surface area contributed by atoms with Crippen molar-refractivity contribution in [1.29, 1.82) is 0 Å². The van der Waals surface area contributed by atoms with Crippen molar-refractivity contribution < 1.29 is 19.1 Å². The number of rotatable bonds is 7. The molecule has 6 rings (SSSR count). The number of amides is 4. The Morgan fingerprint density at radius 1 is 1.07 bits per heavy atom. The third-order valence-electron chi connectivity index (χ3n) is 7.26. The molecule has 3 aromatic rings. The first kappa shape index (κ1) is 25.9. The molecule has 4 amide bonds. The lowest BCUT2D eigenvalue weighted by molar-refractivity contribution is -0.121. The van der Waals surface area contributed by atoms with Crippen molar-refractivity contribution in [3.05, 3.63) is 79.1 Å². The number of hydrogen-bond acceptors (Lipinski definition) is 7. The lowest BCUT2D eigenvalue weighted by Crippen LogP contribution is -2.51. The number of urea groups is 1. The first-order valence-corrected chi connectivity index (χ1v) is 14.1. The maximum absolute atomic E-state index is 13.5. The third kappa shape index (κ3) is 5.12. The highest BCUT2D eigenvalue weighted by Crippen LogP contribution is 2.50. The topological polar surface area (TPSA) is 126 Å². The number of nitrogens with one attached hydrogen (secondary N) is 3. The van der Waals surface area contributed by atoms with Gasteiger partial charge in [-0.3, -0.25) is 14.5 Å². The second-order valence-corrected chi connectivity index (χ2v) is 11.0. The number of thioether (sulfide) groups is 1. The van der Waals surface area contributed by atoms with Gasteiger partial charge in [-0.15, -0.1) is 0 Å². The highest BCUT2D eigenvalue weighted by atomic mass is 32.2. The Hall–Kier alpha value is -4.38. The molecule has 3 aliphatic rings. The Balaban J connectivity index is 1.18. The summed E-state index contributed by atoms with van der Waals surface area (Å²) in [5.74, 6) is 0.712. The Kier molecular flexibility index (Phi) is 7.12. The first-order chi connectivity index (χ1) is 19.5. The van der Waals surface area contributed by atoms with Crippen LogP contribution in [0, 0.1) is 0 Å². The predicted octanol–water partition coefficient (Wildman–Crippen LogP) is 4.38. The van der Waals surface area contributed by atoms with Crippen molar-refractivity contribution in [3.63, 3.8) is 0 Å². The smallest absolute Gasteiger partial charge is 0.327 e. The summed E-state index contributed by atoms with van der Waals surface area (Å²) < 4.78 is 5.78. The zero-order chi connectivity index (χ0) is 27.6. The molecule has 0 spiro atoms. The van der Waals surface area contributed by atoms with Crippen LogP contribution in [0.3, 0.4) is 0 Å². The van der Waals surface area contributed by atoms with E-state index in [-0.39, 0.29) is 29.9 Å². The molecule has 4 unspecified atom stereocenters. The number of para-hydroxylation sites is 1. The number of benzene rings is 1. The Morgan fingerprint density at radius 2 is 1.88 bits per heavy atom. The zero-order valence-electron chi connectivity index (χ0n) is 21.6. The Morgan fingerprint density at radius 3 is 2.62 bits per heavy atom. The average molecular weight is 557 g/mol. The number of nitrogens with zero attached hydrogens (tertiary/aromatic N) is 3. The van der Waals surface area contributed by atoms with E-state index in [0.29, 0.717) is 34.5 Å². The van der Waals surface area contributed by atoms with Gasteiger partial charge in [-0.1, -0.05) is 36.5 Å². The summed E-state index contributed by atoms with van der Waals surface area (Å²) in [5, 5.41) is 9.27. The maximum atomic E-state index is 13.5. The van der Waals surface area contributed by atoms with Gasteiger partial charge in [0.15, 0.2) is 0 Å². The molecule has 1 aromatic carbocycles. The van der Waals surface area contributed by atoms with Gasteiger partial charge in [0.25, 0.3) is 0 Å². The van der Waals surface area contributed by atoms with Crippen LogP contribution in [0.2, 0.25) is 0 Å². The van der Waals surface area contributed by atoms with Crippen molar-refractivity contribution in [2.75, 3.05) is 4.90 Å². The van der Waals surface area contributed by atoms with Gasteiger partial charge in [-0.25, -0.2) is 14.8 Å². The number of aromatic nitrogens is 2. The van der Waals surface area contributed by atoms with E-state index in [2.05, 4.69) is 32.5 Å². The molecular weight excluding hydrogens is 528 g/mol. The summed E-state index contributed by atoms with van der Waals surface area (Å²) in [6.07, 6.45) is 7.75. The van der Waals surface area contributed by atoms with Crippen molar-refractivity contribution in [3.8, 4) is 11.6 Å². The van der Waals surface area contributed by atoms with E-state index >= 15 is 0 Å². The third-order valence-corrected chi connectivity index (χ3v) is 8.55. The molecule has 0 saturated heterocycles. The van der Waals surface area contributed by atoms with Gasteiger partial charge in [0.1, 0.15) is 16.0 Å². The largest absolute Gasteiger partial charge is 0.439 e. The molecule has 1 saturated carbocycles. The van der Waals surface area contributed by atoms with Crippen LogP contribution in [0.4, 0.5) is 16.2 Å². The molecule has 3 N–H and O–H groups in total. The lowest BCUT2D eigenvalue weighted by Gasteiger charge is -2.35. The van der Waals surface area contributed by atoms with Crippen molar-refractivity contribution >= 4 is 41.0 Å². The molecule has 40 heavy (non-hydrogen) atoms. The van der Waals surface area contributed by atoms with Crippen LogP contribution in [0.1, 0.15) is 37.3 Å². The second-order valence-electron chi connectivity index (χ2n) is 9.90. The fourth-order valence-electron chi connectivity index (χ4n) is 5.45. The summed E-state index contributed by atoms with van der Waals surface area (Å²) >= 11 is 1.35. The highest BCUT2D eigenvalue weighted by Gasteiger charge is 2.47. The quantitative estimate of drug-likeness (QED) is 0.369. The molecule has 10 nitrogen and oxygen atoms in total. The number of anilines is 2. The molecule has 11 heteroatoms. The van der Waals surface area contributed by atoms with Crippen molar-refractivity contribution in [2.45, 2.75) is 54.1 Å². The number of ether oxygens (including phenoxy) is 1. The minimum absolute atomic E-state index is 0.00715. The van der Waals surface area contributed by atoms with Crippen LogP contribution in [0.25, 0.3) is 0 Å². The highest BCUT2D eigenvalue weighted by molar-refractivity contribution is 8.01. The number of hydrogen-bond donors (Lipinski definition) is 3. The monoisotopic (exact) mass is 556 g/mol. The van der Waals surface area contributed by atoms with Gasteiger partial charge in [0.05, 0.1) is 23.6 Å². The molecule has 4 atom stereocenters. The van der Waals surface area contributed by atoms with Gasteiger partial charge >= 0.3 is 6.03 Å². The lowest BCUT2D eigenvalue weighted by atomic mass is 9.90. The standard InChI is InChI=1S/C29H28N6O4S/c1-2-22(36)32-17-7-6-8-18(15-17)33-27(37)26-25-24-21(13-14-30-28(24)40-26)35(29(38)34-25)19-11-12-23(31-16-19)39-20-9-4-3-5-10-20/h2-5,9-14,16-18,25-26H,1,6-8,15H2,(H,32,36)(H,33,37)(H,34,38). The summed E-state index contributed by atoms with van der Waals surface area (Å²) in [6, 6.07) is 13.7. The summed E-state index contributed by atoms with van der Waals surface area (Å²) in [7, 11) is 0. The van der Waals surface area contributed by atoms with Crippen LogP contribution < -0.4 is 25.6 Å². The second kappa shape index (κ2) is 11.0. The van der Waals surface area contributed by atoms with Gasteiger partial charge < -0.3 is 20.7 Å². The van der Waals surface area contributed by atoms with Crippen molar-refractivity contribution in [2.24, 2.45) is 0 Å². The van der Waals surface area contributed by atoms with E-state index in [0.717, 1.165) is 24.8 Å². The van der Waals surface area contributed by atoms with E-state index in [1.807, 2.05) is 30.3 Å². The van der Waals surface area contributed by atoms with E-state index in [1.165, 1.54) is 17.8 Å². The van der Waals surface area contributed by atoms with Crippen LogP contribution in [0.15, 0.2) is 78.6 Å². The van der Waals surface area contributed by atoms with E-state index in [4.69, 9.17) is 4.74 Å². The maximum Gasteiger partial charge on any atom is 0.327 e. The zero-order valence-corrected chi connectivity index (χ0v) is 22.4. The van der Waals surface area contributed by atoms with Gasteiger partial charge in [0, 0.05) is 29.9 Å². The number of pyridine rings is 2.